The maximum absolute atomic E-state index is 13.0. The maximum atomic E-state index is 13.0. The van der Waals surface area contributed by atoms with Gasteiger partial charge in [0.25, 0.3) is 0 Å². The first-order valence-electron chi connectivity index (χ1n) is 11.2. The van der Waals surface area contributed by atoms with Crippen LogP contribution < -0.4 is 0 Å². The van der Waals surface area contributed by atoms with E-state index < -0.39 is 5.41 Å². The van der Waals surface area contributed by atoms with Crippen LogP contribution in [-0.2, 0) is 23.2 Å². The highest BCUT2D eigenvalue weighted by molar-refractivity contribution is 6.02. The van der Waals surface area contributed by atoms with Gasteiger partial charge in [0.05, 0.1) is 41.7 Å². The second kappa shape index (κ2) is 8.05. The molecule has 0 radical (unpaired) electrons. The lowest BCUT2D eigenvalue weighted by Crippen LogP contribution is -2.48. The number of aliphatic hydroxyl groups excluding tert-OH is 1. The Morgan fingerprint density at radius 2 is 2.06 bits per heavy atom. The normalized spacial score (nSPS) is 23.9. The third-order valence-electron chi connectivity index (χ3n) is 7.06. The molecule has 2 aliphatic carbocycles. The fourth-order valence-electron chi connectivity index (χ4n) is 5.61. The highest BCUT2D eigenvalue weighted by Gasteiger charge is 2.53. The van der Waals surface area contributed by atoms with Crippen LogP contribution in [0.2, 0.25) is 0 Å². The second-order valence-electron chi connectivity index (χ2n) is 8.87. The van der Waals surface area contributed by atoms with E-state index in [9.17, 15) is 15.2 Å². The minimum absolute atomic E-state index is 0.00346. The molecular weight excluding hydrogens is 414 g/mol. The standard InChI is InChI=1S/C26H25N5O2/c1-16-22-9-8-21-23(19-14-28-31(15-19)10-11-32)29-17(2)30-25(21)26(22,12-18(13-27)24(16)33)20-6-4-3-5-7-20/h3-7,12,14-16,22,32H,8-11H2,1-2H3/t16-,22-,26+/m0/s1. The van der Waals surface area contributed by atoms with Gasteiger partial charge in [-0.2, -0.15) is 10.4 Å². The predicted octanol–water partition coefficient (Wildman–Crippen LogP) is 3.16. The first-order valence-corrected chi connectivity index (χ1v) is 11.2. The van der Waals surface area contributed by atoms with Crippen LogP contribution in [-0.4, -0.2) is 37.2 Å². The summed E-state index contributed by atoms with van der Waals surface area (Å²) in [5, 5.41) is 23.5. The number of Topliss-reactive ketones (excluding diaryl/α,β-unsaturated/α-hetero) is 1. The van der Waals surface area contributed by atoms with Crippen molar-refractivity contribution in [2.75, 3.05) is 6.61 Å². The fraction of sp³-hybridized carbons (Fsp3) is 0.346. The molecule has 2 aromatic heterocycles. The average Bonchev–Trinajstić information content (AvgIpc) is 3.30. The molecule has 2 aliphatic rings. The number of rotatable bonds is 4. The van der Waals surface area contributed by atoms with Gasteiger partial charge in [0.15, 0.2) is 5.78 Å². The number of carbonyl (C=O) groups is 1. The highest BCUT2D eigenvalue weighted by Crippen LogP contribution is 2.54. The summed E-state index contributed by atoms with van der Waals surface area (Å²) in [4.78, 5) is 22.7. The molecule has 7 nitrogen and oxygen atoms in total. The lowest BCUT2D eigenvalue weighted by molar-refractivity contribution is -0.121. The summed E-state index contributed by atoms with van der Waals surface area (Å²) >= 11 is 0. The van der Waals surface area contributed by atoms with Crippen LogP contribution in [0.15, 0.2) is 54.4 Å². The zero-order valence-corrected chi connectivity index (χ0v) is 18.7. The van der Waals surface area contributed by atoms with E-state index in [0.29, 0.717) is 12.4 Å². The van der Waals surface area contributed by atoms with Gasteiger partial charge < -0.3 is 5.11 Å². The number of nitrogens with zero attached hydrogens (tertiary/aromatic N) is 5. The molecule has 1 N–H and O–H groups in total. The largest absolute Gasteiger partial charge is 0.394 e. The molecule has 33 heavy (non-hydrogen) atoms. The van der Waals surface area contributed by atoms with Gasteiger partial charge >= 0.3 is 0 Å². The van der Waals surface area contributed by atoms with Gasteiger partial charge in [-0.3, -0.25) is 9.48 Å². The number of hydrogen-bond acceptors (Lipinski definition) is 6. The number of hydrogen-bond donors (Lipinski definition) is 1. The van der Waals surface area contributed by atoms with Crippen molar-refractivity contribution in [1.82, 2.24) is 19.7 Å². The average molecular weight is 440 g/mol. The van der Waals surface area contributed by atoms with E-state index >= 15 is 0 Å². The van der Waals surface area contributed by atoms with Crippen LogP contribution in [0.5, 0.6) is 0 Å². The van der Waals surface area contributed by atoms with Crippen LogP contribution in [0.25, 0.3) is 11.3 Å². The molecule has 5 rings (SSSR count). The van der Waals surface area contributed by atoms with E-state index in [1.807, 2.05) is 44.3 Å². The van der Waals surface area contributed by atoms with Gasteiger partial charge in [-0.1, -0.05) is 37.3 Å². The SMILES string of the molecule is Cc1nc(-c2cnn(CCO)c2)c2c(n1)[C@@]1(c3ccccc3)C=C(C#N)C(=O)[C@@H](C)[C@@H]1CC2. The molecular formula is C26H25N5O2. The van der Waals surface area contributed by atoms with Gasteiger partial charge in [0.2, 0.25) is 0 Å². The van der Waals surface area contributed by atoms with Crippen molar-refractivity contribution in [2.24, 2.45) is 11.8 Å². The number of aliphatic hydroxyl groups is 1. The lowest BCUT2D eigenvalue weighted by Gasteiger charge is -2.48. The van der Waals surface area contributed by atoms with E-state index in [1.165, 1.54) is 0 Å². The number of fused-ring (bicyclic) bond motifs is 3. The summed E-state index contributed by atoms with van der Waals surface area (Å²) in [5.74, 6) is 0.250. The number of carbonyl (C=O) groups excluding carboxylic acids is 1. The van der Waals surface area contributed by atoms with Crippen molar-refractivity contribution >= 4 is 5.78 Å². The van der Waals surface area contributed by atoms with Crippen LogP contribution >= 0.6 is 0 Å². The Balaban J connectivity index is 1.82. The van der Waals surface area contributed by atoms with Gasteiger partial charge in [0.1, 0.15) is 11.9 Å². The Hall–Kier alpha value is -3.63. The third-order valence-corrected chi connectivity index (χ3v) is 7.06. The molecule has 3 aromatic rings. The number of ketones is 1. The molecule has 0 aliphatic heterocycles. The summed E-state index contributed by atoms with van der Waals surface area (Å²) in [6.07, 6.45) is 7.04. The molecule has 166 valence electrons. The van der Waals surface area contributed by atoms with Crippen molar-refractivity contribution in [1.29, 1.82) is 5.26 Å². The zero-order chi connectivity index (χ0) is 23.2. The molecule has 0 bridgehead atoms. The minimum Gasteiger partial charge on any atom is -0.394 e. The van der Waals surface area contributed by atoms with E-state index in [1.54, 1.807) is 10.9 Å². The number of aromatic nitrogens is 4. The third kappa shape index (κ3) is 3.21. The number of aryl methyl sites for hydroxylation is 1. The Kier molecular flexibility index (Phi) is 5.18. The van der Waals surface area contributed by atoms with Crippen molar-refractivity contribution in [3.63, 3.8) is 0 Å². The van der Waals surface area contributed by atoms with Gasteiger partial charge in [-0.15, -0.1) is 0 Å². The van der Waals surface area contributed by atoms with Crippen LogP contribution in [0.3, 0.4) is 0 Å². The number of nitriles is 1. The molecule has 0 saturated heterocycles. The summed E-state index contributed by atoms with van der Waals surface area (Å²) in [6, 6.07) is 12.2. The lowest BCUT2D eigenvalue weighted by atomic mass is 9.54. The molecule has 7 heteroatoms. The van der Waals surface area contributed by atoms with Gasteiger partial charge in [-0.25, -0.2) is 9.97 Å². The first kappa shape index (κ1) is 21.2. The Morgan fingerprint density at radius 1 is 1.27 bits per heavy atom. The molecule has 0 unspecified atom stereocenters. The number of benzene rings is 1. The molecule has 0 spiro atoms. The Labute approximate surface area is 192 Å². The first-order chi connectivity index (χ1) is 16.0. The molecule has 0 saturated carbocycles. The van der Waals surface area contributed by atoms with E-state index in [0.717, 1.165) is 40.9 Å². The van der Waals surface area contributed by atoms with E-state index in [2.05, 4.69) is 23.3 Å². The minimum atomic E-state index is -0.684. The monoisotopic (exact) mass is 439 g/mol. The predicted molar refractivity (Wildman–Crippen MR) is 122 cm³/mol. The maximum Gasteiger partial charge on any atom is 0.176 e. The summed E-state index contributed by atoms with van der Waals surface area (Å²) < 4.78 is 1.70. The van der Waals surface area contributed by atoms with Gasteiger partial charge in [0, 0.05) is 23.2 Å². The Bertz CT molecular complexity index is 1300. The summed E-state index contributed by atoms with van der Waals surface area (Å²) in [7, 11) is 0. The molecule has 0 amide bonds. The molecule has 0 fully saturated rings. The van der Waals surface area contributed by atoms with Crippen molar-refractivity contribution in [3.8, 4) is 17.3 Å². The topological polar surface area (TPSA) is 105 Å². The zero-order valence-electron chi connectivity index (χ0n) is 18.7. The van der Waals surface area contributed by atoms with Crippen molar-refractivity contribution < 1.29 is 9.90 Å². The highest BCUT2D eigenvalue weighted by atomic mass is 16.3. The smallest absolute Gasteiger partial charge is 0.176 e. The second-order valence-corrected chi connectivity index (χ2v) is 8.87. The van der Waals surface area contributed by atoms with Crippen molar-refractivity contribution in [2.45, 2.75) is 38.6 Å². The summed E-state index contributed by atoms with van der Waals surface area (Å²) in [6.45, 7) is 4.23. The van der Waals surface area contributed by atoms with E-state index in [4.69, 9.17) is 9.97 Å². The fourth-order valence-corrected chi connectivity index (χ4v) is 5.61. The quantitative estimate of drug-likeness (QED) is 0.670. The number of allylic oxidation sites excluding steroid dienone is 2. The van der Waals surface area contributed by atoms with Crippen molar-refractivity contribution in [3.05, 3.63) is 77.0 Å². The molecule has 1 aromatic carbocycles. The van der Waals surface area contributed by atoms with Crippen LogP contribution in [0, 0.1) is 30.1 Å². The van der Waals surface area contributed by atoms with Crippen LogP contribution in [0.4, 0.5) is 0 Å². The molecule has 3 atom stereocenters. The summed E-state index contributed by atoms with van der Waals surface area (Å²) in [5.41, 5.74) is 4.14. The van der Waals surface area contributed by atoms with E-state index in [-0.39, 0.29) is 29.8 Å². The Morgan fingerprint density at radius 3 is 2.79 bits per heavy atom. The molecule has 2 heterocycles. The van der Waals surface area contributed by atoms with Gasteiger partial charge in [-0.05, 0) is 37.3 Å². The van der Waals surface area contributed by atoms with Crippen LogP contribution in [0.1, 0.15) is 36.0 Å².